The lowest BCUT2D eigenvalue weighted by molar-refractivity contribution is -0.137. The van der Waals surface area contributed by atoms with Crippen molar-refractivity contribution in [1.82, 2.24) is 9.55 Å². The van der Waals surface area contributed by atoms with Crippen LogP contribution in [0.2, 0.25) is 0 Å². The van der Waals surface area contributed by atoms with E-state index in [1.54, 1.807) is 36.0 Å². The first-order chi connectivity index (χ1) is 16.6. The van der Waals surface area contributed by atoms with Crippen molar-refractivity contribution in [3.63, 3.8) is 0 Å². The number of carbonyl (C=O) groups excluding carboxylic acids is 1. The van der Waals surface area contributed by atoms with Crippen LogP contribution in [0, 0.1) is 6.92 Å². The van der Waals surface area contributed by atoms with Gasteiger partial charge in [-0.25, -0.2) is 0 Å². The Bertz CT molecular complexity index is 1490. The van der Waals surface area contributed by atoms with Crippen LogP contribution in [0.15, 0.2) is 65.6 Å². The van der Waals surface area contributed by atoms with Crippen LogP contribution < -0.4 is 5.56 Å². The monoisotopic (exact) mass is 478 g/mol. The summed E-state index contributed by atoms with van der Waals surface area (Å²) in [5.41, 5.74) is 3.32. The van der Waals surface area contributed by atoms with Crippen molar-refractivity contribution in [2.75, 3.05) is 0 Å². The summed E-state index contributed by atoms with van der Waals surface area (Å²) in [6.45, 7) is 3.95. The van der Waals surface area contributed by atoms with Crippen LogP contribution in [0.5, 0.6) is 0 Å². The molecule has 7 heteroatoms. The molecule has 4 aromatic rings. The molecule has 0 bridgehead atoms. The van der Waals surface area contributed by atoms with Crippen molar-refractivity contribution in [1.29, 1.82) is 0 Å². The van der Waals surface area contributed by atoms with E-state index < -0.39 is 17.5 Å². The van der Waals surface area contributed by atoms with E-state index in [4.69, 9.17) is 0 Å². The molecule has 0 spiro atoms. The number of fused-ring (bicyclic) bond motifs is 1. The third kappa shape index (κ3) is 5.04. The number of halogens is 3. The summed E-state index contributed by atoms with van der Waals surface area (Å²) >= 11 is 0. The number of carbonyl (C=O) groups is 1. The van der Waals surface area contributed by atoms with E-state index in [0.717, 1.165) is 47.1 Å². The molecule has 0 saturated carbocycles. The fourth-order valence-corrected chi connectivity index (χ4v) is 4.22. The number of rotatable bonds is 6. The standard InChI is InChI=1S/C28H25F3N2O2/c1-4-6-22-15-25-20(16-32-22)14-24(27(35)33(25)3)23-11-18(10-9-17(23)2)12-26(34)19-7-5-8-21(13-19)28(29,30)31/h5,7-11,13-16H,4,6,12H2,1-3H3. The van der Waals surface area contributed by atoms with Crippen molar-refractivity contribution in [2.45, 2.75) is 39.3 Å². The highest BCUT2D eigenvalue weighted by Crippen LogP contribution is 2.30. The normalized spacial score (nSPS) is 11.7. The van der Waals surface area contributed by atoms with E-state index in [1.165, 1.54) is 12.1 Å². The molecule has 2 aromatic carbocycles. The summed E-state index contributed by atoms with van der Waals surface area (Å²) in [5, 5.41) is 0.826. The zero-order chi connectivity index (χ0) is 25.3. The first-order valence-corrected chi connectivity index (χ1v) is 11.4. The highest BCUT2D eigenvalue weighted by molar-refractivity contribution is 5.98. The summed E-state index contributed by atoms with van der Waals surface area (Å²) in [7, 11) is 1.72. The minimum absolute atomic E-state index is 0.00229. The van der Waals surface area contributed by atoms with E-state index in [0.29, 0.717) is 16.7 Å². The van der Waals surface area contributed by atoms with E-state index in [2.05, 4.69) is 11.9 Å². The Balaban J connectivity index is 1.71. The largest absolute Gasteiger partial charge is 0.416 e. The minimum atomic E-state index is -4.52. The van der Waals surface area contributed by atoms with Gasteiger partial charge in [-0.05, 0) is 54.3 Å². The number of aromatic nitrogens is 2. The molecule has 0 fully saturated rings. The van der Waals surface area contributed by atoms with Gasteiger partial charge in [-0.15, -0.1) is 0 Å². The summed E-state index contributed by atoms with van der Waals surface area (Å²) in [5.74, 6) is -0.426. The van der Waals surface area contributed by atoms with Gasteiger partial charge in [-0.1, -0.05) is 43.7 Å². The molecular weight excluding hydrogens is 453 g/mol. The van der Waals surface area contributed by atoms with Crippen LogP contribution in [0.25, 0.3) is 22.0 Å². The predicted octanol–water partition coefficient (Wildman–Crippen LogP) is 6.31. The van der Waals surface area contributed by atoms with Gasteiger partial charge in [0.1, 0.15) is 0 Å². The predicted molar refractivity (Wildman–Crippen MR) is 131 cm³/mol. The Morgan fingerprint density at radius 1 is 1.03 bits per heavy atom. The molecule has 180 valence electrons. The summed E-state index contributed by atoms with van der Waals surface area (Å²) in [6, 6.07) is 13.5. The average Bonchev–Trinajstić information content (AvgIpc) is 2.83. The van der Waals surface area contributed by atoms with Gasteiger partial charge in [0.25, 0.3) is 5.56 Å². The van der Waals surface area contributed by atoms with Gasteiger partial charge in [0, 0.05) is 41.9 Å². The van der Waals surface area contributed by atoms with Crippen LogP contribution in [-0.2, 0) is 26.1 Å². The van der Waals surface area contributed by atoms with Crippen LogP contribution in [0.3, 0.4) is 0 Å². The molecule has 0 aliphatic carbocycles. The van der Waals surface area contributed by atoms with Gasteiger partial charge in [-0.3, -0.25) is 14.6 Å². The molecule has 0 N–H and O–H groups in total. The van der Waals surface area contributed by atoms with Gasteiger partial charge >= 0.3 is 6.18 Å². The number of pyridine rings is 2. The molecule has 35 heavy (non-hydrogen) atoms. The van der Waals surface area contributed by atoms with Gasteiger partial charge in [0.2, 0.25) is 0 Å². The number of Topliss-reactive ketones (excluding diaryl/α,β-unsaturated/α-hetero) is 1. The Morgan fingerprint density at radius 3 is 2.51 bits per heavy atom. The molecular formula is C28H25F3N2O2. The Kier molecular flexibility index (Phi) is 6.61. The molecule has 0 aliphatic heterocycles. The summed E-state index contributed by atoms with van der Waals surface area (Å²) in [4.78, 5) is 30.5. The Hall–Kier alpha value is -3.74. The lowest BCUT2D eigenvalue weighted by Crippen LogP contribution is -2.19. The maximum absolute atomic E-state index is 13.3. The molecule has 4 rings (SSSR count). The number of hydrogen-bond donors (Lipinski definition) is 0. The molecule has 0 aliphatic rings. The number of aryl methyl sites for hydroxylation is 3. The zero-order valence-electron chi connectivity index (χ0n) is 19.7. The van der Waals surface area contributed by atoms with Crippen molar-refractivity contribution in [3.05, 3.63) is 99.1 Å². The van der Waals surface area contributed by atoms with Gasteiger partial charge < -0.3 is 4.57 Å². The second-order valence-corrected chi connectivity index (χ2v) is 8.73. The first kappa shape index (κ1) is 24.4. The Morgan fingerprint density at radius 2 is 1.80 bits per heavy atom. The maximum atomic E-state index is 13.3. The highest BCUT2D eigenvalue weighted by Gasteiger charge is 2.30. The summed E-state index contributed by atoms with van der Waals surface area (Å²) in [6.07, 6.45) is -1.05. The van der Waals surface area contributed by atoms with Crippen LogP contribution in [0.4, 0.5) is 13.2 Å². The van der Waals surface area contributed by atoms with Crippen LogP contribution >= 0.6 is 0 Å². The fraction of sp³-hybridized carbons (Fsp3) is 0.250. The van der Waals surface area contributed by atoms with Crippen molar-refractivity contribution in [2.24, 2.45) is 7.05 Å². The zero-order valence-corrected chi connectivity index (χ0v) is 19.7. The van der Waals surface area contributed by atoms with E-state index in [1.807, 2.05) is 19.1 Å². The average molecular weight is 479 g/mol. The van der Waals surface area contributed by atoms with Gasteiger partial charge in [0.05, 0.1) is 11.1 Å². The second-order valence-electron chi connectivity index (χ2n) is 8.73. The molecule has 0 unspecified atom stereocenters. The van der Waals surface area contributed by atoms with Crippen molar-refractivity contribution >= 4 is 16.7 Å². The molecule has 0 atom stereocenters. The maximum Gasteiger partial charge on any atom is 0.416 e. The number of benzene rings is 2. The smallest absolute Gasteiger partial charge is 0.311 e. The Labute approximate surface area is 201 Å². The van der Waals surface area contributed by atoms with E-state index in [-0.39, 0.29) is 17.5 Å². The van der Waals surface area contributed by atoms with Crippen LogP contribution in [-0.4, -0.2) is 15.3 Å². The minimum Gasteiger partial charge on any atom is -0.311 e. The highest BCUT2D eigenvalue weighted by atomic mass is 19.4. The first-order valence-electron chi connectivity index (χ1n) is 11.4. The number of alkyl halides is 3. The lowest BCUT2D eigenvalue weighted by Gasteiger charge is -2.13. The van der Waals surface area contributed by atoms with E-state index >= 15 is 0 Å². The SMILES string of the molecule is CCCc1cc2c(cn1)cc(-c1cc(CC(=O)c3cccc(C(F)(F)F)c3)ccc1C)c(=O)n2C. The quantitative estimate of drug-likeness (QED) is 0.305. The molecule has 0 amide bonds. The van der Waals surface area contributed by atoms with Crippen molar-refractivity contribution < 1.29 is 18.0 Å². The molecule has 2 aromatic heterocycles. The van der Waals surface area contributed by atoms with E-state index in [9.17, 15) is 22.8 Å². The fourth-order valence-electron chi connectivity index (χ4n) is 4.22. The second kappa shape index (κ2) is 9.49. The third-order valence-electron chi connectivity index (χ3n) is 6.14. The topological polar surface area (TPSA) is 52.0 Å². The summed E-state index contributed by atoms with van der Waals surface area (Å²) < 4.78 is 40.7. The lowest BCUT2D eigenvalue weighted by atomic mass is 9.94. The number of hydrogen-bond acceptors (Lipinski definition) is 3. The molecule has 0 radical (unpaired) electrons. The van der Waals surface area contributed by atoms with Crippen molar-refractivity contribution in [3.8, 4) is 11.1 Å². The van der Waals surface area contributed by atoms with Crippen LogP contribution in [0.1, 0.15) is 46.1 Å². The van der Waals surface area contributed by atoms with Gasteiger partial charge in [-0.2, -0.15) is 13.2 Å². The number of nitrogens with zero attached hydrogens (tertiary/aromatic N) is 2. The molecule has 2 heterocycles. The number of ketones is 1. The van der Waals surface area contributed by atoms with Gasteiger partial charge in [0.15, 0.2) is 5.78 Å². The molecule has 0 saturated heterocycles. The molecule has 4 nitrogen and oxygen atoms in total. The third-order valence-corrected chi connectivity index (χ3v) is 6.14.